The van der Waals surface area contributed by atoms with E-state index >= 15 is 0 Å². The van der Waals surface area contributed by atoms with Gasteiger partial charge in [-0.1, -0.05) is 36.8 Å². The number of halogens is 1. The van der Waals surface area contributed by atoms with Crippen molar-refractivity contribution in [1.29, 1.82) is 0 Å². The fraction of sp³-hybridized carbons (Fsp3) is 0.333. The molecule has 0 fully saturated rings. The molecule has 0 aliphatic carbocycles. The van der Waals surface area contributed by atoms with Gasteiger partial charge in [-0.2, -0.15) is 0 Å². The Kier molecular flexibility index (Phi) is 4.90. The van der Waals surface area contributed by atoms with Gasteiger partial charge in [0.15, 0.2) is 0 Å². The lowest BCUT2D eigenvalue weighted by Gasteiger charge is -2.15. The molecule has 92 valence electrons. The Hall–Kier alpha value is -1.13. The Morgan fingerprint density at radius 3 is 2.71 bits per heavy atom. The van der Waals surface area contributed by atoms with Crippen molar-refractivity contribution in [2.75, 3.05) is 0 Å². The number of nitrogens with two attached hydrogens (primary N) is 1. The van der Waals surface area contributed by atoms with Crippen LogP contribution in [-0.2, 0) is 0 Å². The number of carbonyl (C=O) groups excluding carboxylic acids is 1. The van der Waals surface area contributed by atoms with Crippen LogP contribution in [0.25, 0.3) is 0 Å². The zero-order valence-corrected chi connectivity index (χ0v) is 11.4. The van der Waals surface area contributed by atoms with Gasteiger partial charge in [0.05, 0.1) is 21.6 Å². The van der Waals surface area contributed by atoms with Crippen LogP contribution in [0.4, 0.5) is 0 Å². The summed E-state index contributed by atoms with van der Waals surface area (Å²) in [5, 5.41) is 3.18. The van der Waals surface area contributed by atoms with Crippen LogP contribution >= 0.6 is 23.8 Å². The van der Waals surface area contributed by atoms with Crippen LogP contribution in [-0.4, -0.2) is 16.9 Å². The third-order valence-corrected chi connectivity index (χ3v) is 3.02. The molecule has 0 saturated heterocycles. The van der Waals surface area contributed by atoms with Gasteiger partial charge in [-0.25, -0.2) is 0 Å². The van der Waals surface area contributed by atoms with E-state index in [0.717, 1.165) is 5.56 Å². The predicted octanol–water partition coefficient (Wildman–Crippen LogP) is 2.44. The zero-order chi connectivity index (χ0) is 13.0. The third-order valence-electron chi connectivity index (χ3n) is 2.43. The molecule has 1 amide bonds. The summed E-state index contributed by atoms with van der Waals surface area (Å²) in [6, 6.07) is 4.98. The van der Waals surface area contributed by atoms with Crippen LogP contribution in [0.1, 0.15) is 29.3 Å². The monoisotopic (exact) mass is 270 g/mol. The van der Waals surface area contributed by atoms with Crippen molar-refractivity contribution >= 4 is 34.7 Å². The van der Waals surface area contributed by atoms with Crippen LogP contribution < -0.4 is 11.1 Å². The van der Waals surface area contributed by atoms with Crippen LogP contribution in [0.5, 0.6) is 0 Å². The summed E-state index contributed by atoms with van der Waals surface area (Å²) in [6.07, 6.45) is 0.657. The van der Waals surface area contributed by atoms with Crippen molar-refractivity contribution in [2.45, 2.75) is 26.3 Å². The third kappa shape index (κ3) is 3.68. The first-order valence-electron chi connectivity index (χ1n) is 5.32. The maximum Gasteiger partial charge on any atom is 0.253 e. The first-order valence-corrected chi connectivity index (χ1v) is 6.10. The normalized spacial score (nSPS) is 11.9. The van der Waals surface area contributed by atoms with E-state index in [1.807, 2.05) is 19.9 Å². The van der Waals surface area contributed by atoms with Crippen molar-refractivity contribution in [1.82, 2.24) is 5.32 Å². The summed E-state index contributed by atoms with van der Waals surface area (Å²) in [6.45, 7) is 3.82. The van der Waals surface area contributed by atoms with Crippen molar-refractivity contribution in [2.24, 2.45) is 5.73 Å². The molecule has 0 saturated carbocycles. The number of amides is 1. The van der Waals surface area contributed by atoms with Crippen molar-refractivity contribution < 1.29 is 4.79 Å². The number of hydrogen-bond donors (Lipinski definition) is 2. The average Bonchev–Trinajstić information content (AvgIpc) is 2.24. The highest BCUT2D eigenvalue weighted by Gasteiger charge is 2.16. The smallest absolute Gasteiger partial charge is 0.253 e. The molecule has 3 nitrogen and oxygen atoms in total. The fourth-order valence-corrected chi connectivity index (χ4v) is 1.96. The Morgan fingerprint density at radius 2 is 2.24 bits per heavy atom. The Balaban J connectivity index is 2.86. The minimum Gasteiger partial charge on any atom is -0.392 e. The van der Waals surface area contributed by atoms with Gasteiger partial charge in [0.2, 0.25) is 0 Å². The van der Waals surface area contributed by atoms with Crippen molar-refractivity contribution in [3.8, 4) is 0 Å². The summed E-state index contributed by atoms with van der Waals surface area (Å²) >= 11 is 10.9. The van der Waals surface area contributed by atoms with Gasteiger partial charge in [0.25, 0.3) is 5.91 Å². The number of carbonyl (C=O) groups is 1. The van der Waals surface area contributed by atoms with E-state index in [1.165, 1.54) is 0 Å². The van der Waals surface area contributed by atoms with Crippen LogP contribution in [0.3, 0.4) is 0 Å². The number of hydrogen-bond acceptors (Lipinski definition) is 2. The lowest BCUT2D eigenvalue weighted by atomic mass is 10.1. The van der Waals surface area contributed by atoms with E-state index < -0.39 is 0 Å². The molecule has 1 aromatic carbocycles. The van der Waals surface area contributed by atoms with Gasteiger partial charge in [-0.15, -0.1) is 0 Å². The van der Waals surface area contributed by atoms with Gasteiger partial charge < -0.3 is 11.1 Å². The van der Waals surface area contributed by atoms with Crippen molar-refractivity contribution in [3.63, 3.8) is 0 Å². The molecule has 0 aliphatic rings. The average molecular weight is 271 g/mol. The second kappa shape index (κ2) is 5.98. The molecule has 1 unspecified atom stereocenters. The number of rotatable bonds is 4. The predicted molar refractivity (Wildman–Crippen MR) is 74.5 cm³/mol. The summed E-state index contributed by atoms with van der Waals surface area (Å²) in [4.78, 5) is 12.2. The Labute approximate surface area is 111 Å². The number of thiocarbonyl (C=S) groups is 1. The first kappa shape index (κ1) is 13.9. The highest BCUT2D eigenvalue weighted by Crippen LogP contribution is 2.17. The highest BCUT2D eigenvalue weighted by atomic mass is 35.5. The summed E-state index contributed by atoms with van der Waals surface area (Å²) < 4.78 is 0. The minimum atomic E-state index is -0.296. The molecule has 17 heavy (non-hydrogen) atoms. The number of aryl methyl sites for hydroxylation is 1. The molecule has 0 spiro atoms. The molecule has 1 aromatic rings. The summed E-state index contributed by atoms with van der Waals surface area (Å²) in [5.74, 6) is -0.255. The molecular formula is C12H15ClN2OS. The first-order chi connectivity index (χ1) is 7.95. The molecule has 0 radical (unpaired) electrons. The largest absolute Gasteiger partial charge is 0.392 e. The second-order valence-corrected chi connectivity index (χ2v) is 4.70. The number of benzene rings is 1. The van der Waals surface area contributed by atoms with E-state index in [2.05, 4.69) is 5.32 Å². The SMILES string of the molecule is CCC(NC(=O)c1ccc(C)cc1Cl)C(N)=S. The summed E-state index contributed by atoms with van der Waals surface area (Å²) in [7, 11) is 0. The van der Waals surface area contributed by atoms with Crippen molar-refractivity contribution in [3.05, 3.63) is 34.3 Å². The van der Waals surface area contributed by atoms with Gasteiger partial charge in [-0.3, -0.25) is 4.79 Å². The molecule has 0 aromatic heterocycles. The quantitative estimate of drug-likeness (QED) is 0.827. The van der Waals surface area contributed by atoms with E-state index in [9.17, 15) is 4.79 Å². The highest BCUT2D eigenvalue weighted by molar-refractivity contribution is 7.80. The second-order valence-electron chi connectivity index (χ2n) is 3.82. The minimum absolute atomic E-state index is 0.255. The maximum absolute atomic E-state index is 11.9. The van der Waals surface area contributed by atoms with Gasteiger partial charge in [0, 0.05) is 0 Å². The molecule has 0 bridgehead atoms. The molecule has 0 aliphatic heterocycles. The van der Waals surface area contributed by atoms with Crippen LogP contribution in [0.15, 0.2) is 18.2 Å². The maximum atomic E-state index is 11.9. The van der Waals surface area contributed by atoms with Crippen LogP contribution in [0, 0.1) is 6.92 Å². The lowest BCUT2D eigenvalue weighted by molar-refractivity contribution is 0.0946. The van der Waals surface area contributed by atoms with E-state index in [0.29, 0.717) is 17.0 Å². The van der Waals surface area contributed by atoms with Gasteiger partial charge >= 0.3 is 0 Å². The Morgan fingerprint density at radius 1 is 1.59 bits per heavy atom. The molecule has 5 heteroatoms. The fourth-order valence-electron chi connectivity index (χ4n) is 1.41. The van der Waals surface area contributed by atoms with Gasteiger partial charge in [-0.05, 0) is 31.0 Å². The molecule has 3 N–H and O–H groups in total. The van der Waals surface area contributed by atoms with E-state index in [1.54, 1.807) is 12.1 Å². The molecule has 1 rings (SSSR count). The standard InChI is InChI=1S/C12H15ClN2OS/c1-3-10(11(14)17)15-12(16)8-5-4-7(2)6-9(8)13/h4-6,10H,3H2,1-2H3,(H2,14,17)(H,15,16). The summed E-state index contributed by atoms with van der Waals surface area (Å²) in [5.41, 5.74) is 6.96. The zero-order valence-electron chi connectivity index (χ0n) is 9.79. The lowest BCUT2D eigenvalue weighted by Crippen LogP contribution is -2.43. The topological polar surface area (TPSA) is 55.1 Å². The van der Waals surface area contributed by atoms with Gasteiger partial charge in [0.1, 0.15) is 0 Å². The molecular weight excluding hydrogens is 256 g/mol. The van der Waals surface area contributed by atoms with E-state index in [4.69, 9.17) is 29.6 Å². The molecule has 0 heterocycles. The van der Waals surface area contributed by atoms with E-state index in [-0.39, 0.29) is 16.9 Å². The van der Waals surface area contributed by atoms with Crippen LogP contribution in [0.2, 0.25) is 5.02 Å². The Bertz CT molecular complexity index is 448. The number of nitrogens with one attached hydrogen (secondary N) is 1. The molecule has 1 atom stereocenters.